The fourth-order valence-corrected chi connectivity index (χ4v) is 10.5. The number of carboxylic acid groups (broad SMARTS) is 3. The molecule has 5 rings (SSSR count). The lowest BCUT2D eigenvalue weighted by atomic mass is 10.1. The summed E-state index contributed by atoms with van der Waals surface area (Å²) in [6.45, 7) is 3.16. The molecule has 3 amide bonds. The molecule has 12 N–H and O–H groups in total. The number of carbonyl (C=O) groups is 7. The maximum absolute atomic E-state index is 14.0. The van der Waals surface area contributed by atoms with Gasteiger partial charge in [-0.2, -0.15) is 4.72 Å². The number of carbonyl (C=O) groups excluding carboxylic acids is 4. The Bertz CT molecular complexity index is 2900. The summed E-state index contributed by atoms with van der Waals surface area (Å²) in [5, 5.41) is 69.2. The summed E-state index contributed by atoms with van der Waals surface area (Å²) in [6.07, 6.45) is 3.46. The smallest absolute Gasteiger partial charge is 0.317 e. The minimum absolute atomic E-state index is 0.0205. The normalized spacial score (nSPS) is 15.6. The van der Waals surface area contributed by atoms with Crippen LogP contribution in [0.3, 0.4) is 0 Å². The fourth-order valence-electron chi connectivity index (χ4n) is 8.76. The van der Waals surface area contributed by atoms with Crippen LogP contribution in [0.1, 0.15) is 46.8 Å². The predicted molar refractivity (Wildman–Crippen MR) is 279 cm³/mol. The number of ketones is 1. The number of sulfonamides is 1. The zero-order valence-corrected chi connectivity index (χ0v) is 44.3. The number of nitrogens with zero attached hydrogens (tertiary/aromatic N) is 6. The molecule has 0 aliphatic carbocycles. The van der Waals surface area contributed by atoms with Crippen molar-refractivity contribution in [3.63, 3.8) is 0 Å². The summed E-state index contributed by atoms with van der Waals surface area (Å²) < 4.78 is 30.9. The molecule has 0 bridgehead atoms. The number of nitrogens with one attached hydrogen (secondary N) is 6. The fraction of sp³-hybridized carbons (Fsp3) is 0.490. The van der Waals surface area contributed by atoms with E-state index in [0.29, 0.717) is 28.2 Å². The van der Waals surface area contributed by atoms with Crippen LogP contribution in [-0.4, -0.2) is 224 Å². The van der Waals surface area contributed by atoms with E-state index in [1.807, 2.05) is 0 Å². The lowest BCUT2D eigenvalue weighted by molar-refractivity contribution is -0.316. The Hall–Kier alpha value is -7.22. The highest BCUT2D eigenvalue weighted by molar-refractivity contribution is 7.89. The Balaban J connectivity index is 1.31. The first kappa shape index (κ1) is 61.6. The van der Waals surface area contributed by atoms with Crippen LogP contribution in [-0.2, 0) is 51.9 Å². The summed E-state index contributed by atoms with van der Waals surface area (Å²) in [5.74, 6) is -9.70. The van der Waals surface area contributed by atoms with Gasteiger partial charge in [-0.1, -0.05) is 24.3 Å². The monoisotopic (exact) mass is 1110 g/mol. The number of aliphatic hydroxyl groups is 3. The molecule has 78 heavy (non-hydrogen) atoms. The van der Waals surface area contributed by atoms with Gasteiger partial charge < -0.3 is 61.5 Å². The maximum atomic E-state index is 14.0. The van der Waals surface area contributed by atoms with Crippen molar-refractivity contribution in [1.29, 1.82) is 0 Å². The van der Waals surface area contributed by atoms with E-state index in [2.05, 4.69) is 36.0 Å². The number of aryl methyl sites for hydroxylation is 3. The zero-order chi connectivity index (χ0) is 57.3. The number of aromatic nitrogens is 3. The number of fused-ring (bicyclic) bond motifs is 1. The van der Waals surface area contributed by atoms with Crippen molar-refractivity contribution in [1.82, 2.24) is 54.8 Å². The van der Waals surface area contributed by atoms with Crippen LogP contribution >= 0.6 is 0 Å². The van der Waals surface area contributed by atoms with Crippen LogP contribution < -0.4 is 31.4 Å². The zero-order valence-electron chi connectivity index (χ0n) is 43.4. The third-order valence-corrected chi connectivity index (χ3v) is 14.4. The number of Topliss-reactive ketones (excluding diaryl/α,β-unsaturated/α-hetero) is 1. The Labute approximate surface area is 448 Å². The van der Waals surface area contributed by atoms with Crippen molar-refractivity contribution in [3.05, 3.63) is 87.5 Å². The average Bonchev–Trinajstić information content (AvgIpc) is 3.93. The molecule has 29 heteroatoms. The van der Waals surface area contributed by atoms with E-state index in [9.17, 15) is 77.4 Å². The van der Waals surface area contributed by atoms with Gasteiger partial charge in [0.15, 0.2) is 5.95 Å². The van der Waals surface area contributed by atoms with Gasteiger partial charge in [0.1, 0.15) is 17.4 Å². The number of rotatable bonds is 26. The number of aromatic amines is 1. The lowest BCUT2D eigenvalue weighted by Crippen LogP contribution is -2.54. The SMILES string of the molecule is CC(=O)[C@H](CNC(=O)c1cn(CCCNC(=O)[C@H](CC(O)(O)O)NC(=O)CN2CCN(CC(=O)O)CCN(CC(=O)O)CCN(CC(=O)O)CC2)c2cc(CNc3ncc[nH]3)ccc2c1=O)NS(=O)(=O)c1c(C)cccc1C. The van der Waals surface area contributed by atoms with Gasteiger partial charge in [-0.25, -0.2) is 13.4 Å². The number of H-pyrrole nitrogens is 1. The van der Waals surface area contributed by atoms with E-state index in [-0.39, 0.29) is 101 Å². The third kappa shape index (κ3) is 19.4. The molecule has 0 saturated carbocycles. The molecule has 2 atom stereocenters. The van der Waals surface area contributed by atoms with Gasteiger partial charge in [0, 0.05) is 103 Å². The Morgan fingerprint density at radius 2 is 1.32 bits per heavy atom. The standard InChI is InChI=1S/C49H68N12O16S/c1-31-6-4-7-32(2)45(31)78(76,77)56-38(33(3)62)25-53-46(71)36-26-61(39-22-34(8-9-35(39)44(36)70)24-54-48-51-11-12-52-48)13-5-10-50-47(72)37(23-49(73,74)75)55-40(63)27-57-14-16-58(28-41(64)65)18-20-60(30-43(68)69)21-19-59(17-15-57)29-42(66)67/h4,6-9,11-12,22,26,37-38,56,73-75H,5,10,13-21,23-25,27-30H2,1-3H3,(H,50,72)(H,53,71)(H,55,63)(H,64,65)(H,66,67)(H,68,69)(H2,51,52,54)/t37-,38-/m0/s1. The van der Waals surface area contributed by atoms with Crippen LogP contribution in [0.4, 0.5) is 5.95 Å². The molecule has 1 aliphatic heterocycles. The number of imidazole rings is 1. The van der Waals surface area contributed by atoms with E-state index in [1.165, 1.54) is 12.3 Å². The van der Waals surface area contributed by atoms with E-state index in [0.717, 1.165) is 6.92 Å². The minimum Gasteiger partial charge on any atom is -0.480 e. The Kier molecular flexibility index (Phi) is 22.5. The highest BCUT2D eigenvalue weighted by atomic mass is 32.2. The van der Waals surface area contributed by atoms with Crippen molar-refractivity contribution in [2.75, 3.05) is 96.9 Å². The van der Waals surface area contributed by atoms with Gasteiger partial charge in [-0.05, 0) is 56.0 Å². The van der Waals surface area contributed by atoms with Crippen LogP contribution in [0.5, 0.6) is 0 Å². The van der Waals surface area contributed by atoms with Crippen LogP contribution in [0.25, 0.3) is 10.9 Å². The average molecular weight is 1110 g/mol. The number of carboxylic acids is 3. The van der Waals surface area contributed by atoms with Crippen molar-refractivity contribution in [2.45, 2.75) is 69.7 Å². The quantitative estimate of drug-likeness (QED) is 0.0222. The second kappa shape index (κ2) is 28.4. The first-order valence-corrected chi connectivity index (χ1v) is 26.3. The summed E-state index contributed by atoms with van der Waals surface area (Å²) in [7, 11) is -4.25. The minimum atomic E-state index is -4.25. The van der Waals surface area contributed by atoms with Crippen LogP contribution in [0, 0.1) is 13.8 Å². The molecular formula is C49H68N12O16S. The van der Waals surface area contributed by atoms with Gasteiger partial charge in [-0.15, -0.1) is 0 Å². The molecule has 0 unspecified atom stereocenters. The topological polar surface area (TPSA) is 399 Å². The first-order valence-electron chi connectivity index (χ1n) is 24.8. The molecule has 2 aromatic heterocycles. The molecule has 3 heterocycles. The van der Waals surface area contributed by atoms with Gasteiger partial charge >= 0.3 is 17.9 Å². The summed E-state index contributed by atoms with van der Waals surface area (Å²) in [6, 6.07) is 6.63. The van der Waals surface area contributed by atoms with Crippen LogP contribution in [0.15, 0.2) is 64.7 Å². The molecule has 28 nitrogen and oxygen atoms in total. The van der Waals surface area contributed by atoms with E-state index in [1.54, 1.807) is 80.7 Å². The lowest BCUT2D eigenvalue weighted by Gasteiger charge is -2.33. The van der Waals surface area contributed by atoms with Crippen LogP contribution in [0.2, 0.25) is 0 Å². The third-order valence-electron chi connectivity index (χ3n) is 12.7. The number of pyridine rings is 1. The van der Waals surface area contributed by atoms with Crippen molar-refractivity contribution in [2.24, 2.45) is 0 Å². The summed E-state index contributed by atoms with van der Waals surface area (Å²) >= 11 is 0. The molecule has 1 aliphatic rings. The van der Waals surface area contributed by atoms with Crippen molar-refractivity contribution >= 4 is 68.3 Å². The largest absolute Gasteiger partial charge is 0.480 e. The number of benzene rings is 2. The number of hydrogen-bond donors (Lipinski definition) is 12. The van der Waals surface area contributed by atoms with E-state index >= 15 is 0 Å². The highest BCUT2D eigenvalue weighted by Crippen LogP contribution is 2.21. The molecule has 1 saturated heterocycles. The van der Waals surface area contributed by atoms with Gasteiger partial charge in [0.2, 0.25) is 27.3 Å². The van der Waals surface area contributed by atoms with E-state index < -0.39 is 108 Å². The molecule has 426 valence electrons. The molecule has 1 fully saturated rings. The number of amides is 3. The van der Waals surface area contributed by atoms with Gasteiger partial charge in [0.25, 0.3) is 11.9 Å². The summed E-state index contributed by atoms with van der Waals surface area (Å²) in [4.78, 5) is 116. The van der Waals surface area contributed by atoms with Gasteiger partial charge in [0.05, 0.1) is 49.1 Å². The molecule has 4 aromatic rings. The molecule has 0 radical (unpaired) electrons. The predicted octanol–water partition coefficient (Wildman–Crippen LogP) is -2.89. The van der Waals surface area contributed by atoms with E-state index in [4.69, 9.17) is 0 Å². The second-order valence-electron chi connectivity index (χ2n) is 19.0. The molecule has 2 aromatic carbocycles. The Morgan fingerprint density at radius 3 is 1.82 bits per heavy atom. The van der Waals surface area contributed by atoms with Crippen molar-refractivity contribution in [3.8, 4) is 0 Å². The summed E-state index contributed by atoms with van der Waals surface area (Å²) in [5.41, 5.74) is 0.909. The van der Waals surface area contributed by atoms with Crippen molar-refractivity contribution < 1.29 is 72.6 Å². The second-order valence-corrected chi connectivity index (χ2v) is 20.6. The highest BCUT2D eigenvalue weighted by Gasteiger charge is 2.32. The number of anilines is 1. The number of aliphatic carboxylic acids is 3. The first-order chi connectivity index (χ1) is 36.8. The number of hydrogen-bond acceptors (Lipinski definition) is 19. The molecule has 0 spiro atoms. The Morgan fingerprint density at radius 1 is 0.769 bits per heavy atom. The van der Waals surface area contributed by atoms with Gasteiger partial charge in [-0.3, -0.25) is 58.0 Å². The maximum Gasteiger partial charge on any atom is 0.317 e. The molecular weight excluding hydrogens is 1040 g/mol.